The molecule has 0 radical (unpaired) electrons. The molecule has 1 aromatic rings. The number of benzene rings is 1. The molecule has 0 aliphatic carbocycles. The quantitative estimate of drug-likeness (QED) is 0.625. The number of nitrogens with zero attached hydrogens (tertiary/aromatic N) is 1. The van der Waals surface area contributed by atoms with Crippen LogP contribution in [0, 0.1) is 16.0 Å². The summed E-state index contributed by atoms with van der Waals surface area (Å²) in [4.78, 5) is 21.9. The largest absolute Gasteiger partial charge is 0.352 e. The molecule has 1 amide bonds. The Balaban J connectivity index is 0.00000289. The fourth-order valence-corrected chi connectivity index (χ4v) is 1.27. The Labute approximate surface area is 111 Å². The molecule has 7 heteroatoms. The first kappa shape index (κ1) is 16.3. The van der Waals surface area contributed by atoms with Crippen LogP contribution in [0.25, 0.3) is 0 Å². The topological polar surface area (TPSA) is 98.3 Å². The van der Waals surface area contributed by atoms with E-state index < -0.39 is 10.8 Å². The summed E-state index contributed by atoms with van der Waals surface area (Å²) in [6.07, 6.45) is 0. The molecule has 0 spiro atoms. The Morgan fingerprint density at radius 1 is 1.50 bits per heavy atom. The highest BCUT2D eigenvalue weighted by Gasteiger charge is 2.18. The first-order chi connectivity index (χ1) is 8.06. The number of para-hydroxylation sites is 1. The van der Waals surface area contributed by atoms with Crippen molar-refractivity contribution in [2.75, 3.05) is 13.1 Å². The minimum Gasteiger partial charge on any atom is -0.352 e. The molecule has 1 aromatic carbocycles. The molecule has 0 aliphatic heterocycles. The minimum absolute atomic E-state index is 0. The van der Waals surface area contributed by atoms with Gasteiger partial charge in [0.1, 0.15) is 5.56 Å². The van der Waals surface area contributed by atoms with Crippen molar-refractivity contribution >= 4 is 24.0 Å². The van der Waals surface area contributed by atoms with Crippen molar-refractivity contribution in [3.63, 3.8) is 0 Å². The van der Waals surface area contributed by atoms with Crippen LogP contribution in [-0.4, -0.2) is 23.9 Å². The zero-order valence-corrected chi connectivity index (χ0v) is 10.8. The molecule has 0 bridgehead atoms. The third kappa shape index (κ3) is 4.31. The van der Waals surface area contributed by atoms with Crippen LogP contribution in [0.15, 0.2) is 24.3 Å². The highest BCUT2D eigenvalue weighted by molar-refractivity contribution is 5.98. The summed E-state index contributed by atoms with van der Waals surface area (Å²) >= 11 is 0. The van der Waals surface area contributed by atoms with Crippen LogP contribution in [0.5, 0.6) is 0 Å². The lowest BCUT2D eigenvalue weighted by Crippen LogP contribution is -2.31. The Morgan fingerprint density at radius 2 is 2.11 bits per heavy atom. The first-order valence-electron chi connectivity index (χ1n) is 5.28. The second kappa shape index (κ2) is 7.62. The predicted octanol–water partition coefficient (Wildman–Crippen LogP) is 1.34. The lowest BCUT2D eigenvalue weighted by Gasteiger charge is -2.10. The van der Waals surface area contributed by atoms with Crippen molar-refractivity contribution in [3.8, 4) is 0 Å². The molecule has 1 unspecified atom stereocenters. The number of carbonyl (C=O) groups is 1. The zero-order chi connectivity index (χ0) is 12.8. The summed E-state index contributed by atoms with van der Waals surface area (Å²) < 4.78 is 0. The summed E-state index contributed by atoms with van der Waals surface area (Å²) in [5.74, 6) is -0.306. The van der Waals surface area contributed by atoms with E-state index >= 15 is 0 Å². The van der Waals surface area contributed by atoms with Crippen molar-refractivity contribution in [3.05, 3.63) is 39.9 Å². The van der Waals surface area contributed by atoms with E-state index in [4.69, 9.17) is 5.73 Å². The molecule has 1 rings (SSSR count). The van der Waals surface area contributed by atoms with E-state index in [-0.39, 0.29) is 29.6 Å². The number of rotatable bonds is 5. The summed E-state index contributed by atoms with van der Waals surface area (Å²) in [5, 5.41) is 13.3. The normalized spacial score (nSPS) is 11.2. The van der Waals surface area contributed by atoms with E-state index in [1.165, 1.54) is 18.2 Å². The second-order valence-electron chi connectivity index (χ2n) is 3.83. The second-order valence-corrected chi connectivity index (χ2v) is 3.83. The highest BCUT2D eigenvalue weighted by Crippen LogP contribution is 2.17. The van der Waals surface area contributed by atoms with Crippen LogP contribution in [0.3, 0.4) is 0 Å². The molecule has 1 atom stereocenters. The van der Waals surface area contributed by atoms with Gasteiger partial charge in [0, 0.05) is 12.6 Å². The predicted molar refractivity (Wildman–Crippen MR) is 70.9 cm³/mol. The van der Waals surface area contributed by atoms with Gasteiger partial charge in [-0.15, -0.1) is 12.4 Å². The number of nitrogens with two attached hydrogens (primary N) is 1. The van der Waals surface area contributed by atoms with Crippen molar-refractivity contribution in [2.24, 2.45) is 11.7 Å². The van der Waals surface area contributed by atoms with Gasteiger partial charge in [-0.1, -0.05) is 19.1 Å². The van der Waals surface area contributed by atoms with E-state index in [2.05, 4.69) is 5.32 Å². The third-order valence-electron chi connectivity index (χ3n) is 2.36. The van der Waals surface area contributed by atoms with E-state index in [0.29, 0.717) is 13.1 Å². The fourth-order valence-electron chi connectivity index (χ4n) is 1.27. The van der Waals surface area contributed by atoms with Gasteiger partial charge in [0.2, 0.25) is 0 Å². The average Bonchev–Trinajstić information content (AvgIpc) is 2.35. The van der Waals surface area contributed by atoms with Crippen LogP contribution >= 0.6 is 12.4 Å². The van der Waals surface area contributed by atoms with Crippen LogP contribution in [0.2, 0.25) is 0 Å². The van der Waals surface area contributed by atoms with E-state index in [1.807, 2.05) is 6.92 Å². The molecule has 100 valence electrons. The van der Waals surface area contributed by atoms with Crippen molar-refractivity contribution in [1.82, 2.24) is 5.32 Å². The molecule has 0 aromatic heterocycles. The Bertz CT molecular complexity index is 426. The van der Waals surface area contributed by atoms with E-state index in [9.17, 15) is 14.9 Å². The lowest BCUT2D eigenvalue weighted by atomic mass is 10.1. The van der Waals surface area contributed by atoms with Crippen LogP contribution in [0.1, 0.15) is 17.3 Å². The maximum Gasteiger partial charge on any atom is 0.282 e. The van der Waals surface area contributed by atoms with Gasteiger partial charge >= 0.3 is 0 Å². The van der Waals surface area contributed by atoms with Gasteiger partial charge in [-0.3, -0.25) is 14.9 Å². The smallest absolute Gasteiger partial charge is 0.282 e. The molecule has 0 saturated heterocycles. The highest BCUT2D eigenvalue weighted by atomic mass is 35.5. The van der Waals surface area contributed by atoms with Crippen LogP contribution < -0.4 is 11.1 Å². The maximum atomic E-state index is 11.7. The average molecular weight is 274 g/mol. The summed E-state index contributed by atoms with van der Waals surface area (Å²) in [5.41, 5.74) is 5.30. The molecule has 18 heavy (non-hydrogen) atoms. The number of amides is 1. The number of carbonyl (C=O) groups excluding carboxylic acids is 1. The van der Waals surface area contributed by atoms with Gasteiger partial charge in [-0.25, -0.2) is 0 Å². The maximum absolute atomic E-state index is 11.7. The molecule has 3 N–H and O–H groups in total. The molecule has 0 aliphatic rings. The molecule has 6 nitrogen and oxygen atoms in total. The summed E-state index contributed by atoms with van der Waals surface area (Å²) in [7, 11) is 0. The van der Waals surface area contributed by atoms with E-state index in [1.54, 1.807) is 6.07 Å². The number of nitrogens with one attached hydrogen (secondary N) is 1. The van der Waals surface area contributed by atoms with Gasteiger partial charge in [-0.05, 0) is 18.5 Å². The van der Waals surface area contributed by atoms with Crippen LogP contribution in [0.4, 0.5) is 5.69 Å². The standard InChI is InChI=1S/C11H15N3O3.ClH/c1-8(6-12)7-13-11(15)9-4-2-3-5-10(9)14(16)17;/h2-5,8H,6-7,12H2,1H3,(H,13,15);1H. The third-order valence-corrected chi connectivity index (χ3v) is 2.36. The monoisotopic (exact) mass is 273 g/mol. The number of nitro benzene ring substituents is 1. The summed E-state index contributed by atoms with van der Waals surface area (Å²) in [6, 6.07) is 5.85. The van der Waals surface area contributed by atoms with Crippen molar-refractivity contribution in [2.45, 2.75) is 6.92 Å². The fraction of sp³-hybridized carbons (Fsp3) is 0.364. The van der Waals surface area contributed by atoms with Crippen LogP contribution in [-0.2, 0) is 0 Å². The van der Waals surface area contributed by atoms with Gasteiger partial charge in [0.15, 0.2) is 0 Å². The van der Waals surface area contributed by atoms with E-state index in [0.717, 1.165) is 0 Å². The number of halogens is 1. The molecular formula is C11H16ClN3O3. The van der Waals surface area contributed by atoms with Gasteiger partial charge in [0.25, 0.3) is 11.6 Å². The van der Waals surface area contributed by atoms with Crippen molar-refractivity contribution < 1.29 is 9.72 Å². The number of hydrogen-bond acceptors (Lipinski definition) is 4. The molecular weight excluding hydrogens is 258 g/mol. The molecule has 0 heterocycles. The minimum atomic E-state index is -0.568. The van der Waals surface area contributed by atoms with Gasteiger partial charge in [0.05, 0.1) is 4.92 Å². The Kier molecular flexibility index (Phi) is 6.92. The molecule has 0 saturated carbocycles. The number of hydrogen-bond donors (Lipinski definition) is 2. The lowest BCUT2D eigenvalue weighted by molar-refractivity contribution is -0.385. The van der Waals surface area contributed by atoms with Gasteiger partial charge in [-0.2, -0.15) is 0 Å². The summed E-state index contributed by atoms with van der Waals surface area (Å²) in [6.45, 7) is 2.75. The SMILES string of the molecule is CC(CN)CNC(=O)c1ccccc1[N+](=O)[O-].Cl. The van der Waals surface area contributed by atoms with Gasteiger partial charge < -0.3 is 11.1 Å². The molecule has 0 fully saturated rings. The zero-order valence-electron chi connectivity index (χ0n) is 9.96. The number of nitro groups is 1. The Morgan fingerprint density at radius 3 is 2.67 bits per heavy atom. The first-order valence-corrected chi connectivity index (χ1v) is 5.28. The van der Waals surface area contributed by atoms with Crippen molar-refractivity contribution in [1.29, 1.82) is 0 Å². The Hall–Kier alpha value is -1.66.